The first-order chi connectivity index (χ1) is 9.79. The van der Waals surface area contributed by atoms with Gasteiger partial charge in [0.2, 0.25) is 0 Å². The SMILES string of the molecule is COCC(O)CCNc1cc(N2CCCCC2)ncn1. The summed E-state index contributed by atoms with van der Waals surface area (Å²) in [6, 6.07) is 1.98. The number of nitrogens with one attached hydrogen (secondary N) is 1. The van der Waals surface area contributed by atoms with E-state index in [1.807, 2.05) is 6.07 Å². The van der Waals surface area contributed by atoms with Gasteiger partial charge in [-0.2, -0.15) is 0 Å². The number of aliphatic hydroxyl groups is 1. The minimum Gasteiger partial charge on any atom is -0.391 e. The first-order valence-electron chi connectivity index (χ1n) is 7.27. The summed E-state index contributed by atoms with van der Waals surface area (Å²) in [6.45, 7) is 3.18. The summed E-state index contributed by atoms with van der Waals surface area (Å²) < 4.78 is 4.89. The smallest absolute Gasteiger partial charge is 0.134 e. The van der Waals surface area contributed by atoms with Crippen molar-refractivity contribution >= 4 is 11.6 Å². The van der Waals surface area contributed by atoms with E-state index in [2.05, 4.69) is 20.2 Å². The number of ether oxygens (including phenoxy) is 1. The van der Waals surface area contributed by atoms with Crippen molar-refractivity contribution in [1.82, 2.24) is 9.97 Å². The van der Waals surface area contributed by atoms with E-state index >= 15 is 0 Å². The lowest BCUT2D eigenvalue weighted by atomic mass is 10.1. The van der Waals surface area contributed by atoms with E-state index in [-0.39, 0.29) is 0 Å². The maximum atomic E-state index is 9.58. The van der Waals surface area contributed by atoms with Crippen LogP contribution in [0.4, 0.5) is 11.6 Å². The number of aliphatic hydroxyl groups excluding tert-OH is 1. The van der Waals surface area contributed by atoms with Crippen molar-refractivity contribution in [3.05, 3.63) is 12.4 Å². The summed E-state index contributed by atoms with van der Waals surface area (Å²) in [4.78, 5) is 10.9. The molecule has 0 radical (unpaired) electrons. The van der Waals surface area contributed by atoms with Gasteiger partial charge in [0, 0.05) is 32.8 Å². The van der Waals surface area contributed by atoms with Crippen LogP contribution >= 0.6 is 0 Å². The van der Waals surface area contributed by atoms with E-state index in [1.54, 1.807) is 13.4 Å². The van der Waals surface area contributed by atoms with E-state index in [0.29, 0.717) is 19.6 Å². The van der Waals surface area contributed by atoms with Gasteiger partial charge in [-0.3, -0.25) is 0 Å². The third kappa shape index (κ3) is 4.61. The van der Waals surface area contributed by atoms with Crippen LogP contribution in [0.5, 0.6) is 0 Å². The second kappa shape index (κ2) is 8.01. The molecule has 2 heterocycles. The van der Waals surface area contributed by atoms with Crippen LogP contribution in [-0.2, 0) is 4.74 Å². The number of nitrogens with zero attached hydrogens (tertiary/aromatic N) is 3. The molecule has 0 aromatic carbocycles. The molecule has 0 bridgehead atoms. The quantitative estimate of drug-likeness (QED) is 0.784. The molecular weight excluding hydrogens is 256 g/mol. The van der Waals surface area contributed by atoms with Crippen LogP contribution in [0.25, 0.3) is 0 Å². The van der Waals surface area contributed by atoms with Crippen LogP contribution in [-0.4, -0.2) is 54.5 Å². The van der Waals surface area contributed by atoms with Gasteiger partial charge in [0.05, 0.1) is 12.7 Å². The van der Waals surface area contributed by atoms with Crippen molar-refractivity contribution in [3.8, 4) is 0 Å². The number of hydrogen-bond acceptors (Lipinski definition) is 6. The Morgan fingerprint density at radius 2 is 2.15 bits per heavy atom. The molecule has 2 N–H and O–H groups in total. The summed E-state index contributed by atoms with van der Waals surface area (Å²) in [6.07, 6.45) is 5.57. The zero-order valence-electron chi connectivity index (χ0n) is 12.1. The monoisotopic (exact) mass is 280 g/mol. The Labute approximate surface area is 120 Å². The number of anilines is 2. The molecule has 1 atom stereocenters. The summed E-state index contributed by atoms with van der Waals surface area (Å²) in [5.74, 6) is 1.80. The molecule has 1 fully saturated rings. The Bertz CT molecular complexity index is 397. The van der Waals surface area contributed by atoms with Gasteiger partial charge in [-0.15, -0.1) is 0 Å². The minimum absolute atomic E-state index is 0.366. The molecule has 20 heavy (non-hydrogen) atoms. The van der Waals surface area contributed by atoms with Gasteiger partial charge in [0.15, 0.2) is 0 Å². The second-order valence-corrected chi connectivity index (χ2v) is 5.13. The van der Waals surface area contributed by atoms with Crippen LogP contribution in [0.3, 0.4) is 0 Å². The standard InChI is InChI=1S/C14H24N4O2/c1-20-10-12(19)5-6-15-13-9-14(17-11-16-13)18-7-3-2-4-8-18/h9,11-12,19H,2-8,10H2,1H3,(H,15,16,17). The molecule has 112 valence electrons. The molecule has 6 heteroatoms. The predicted octanol–water partition coefficient (Wildman–Crippen LogP) is 1.28. The van der Waals surface area contributed by atoms with Gasteiger partial charge in [0.25, 0.3) is 0 Å². The number of piperidine rings is 1. The molecule has 1 aromatic heterocycles. The van der Waals surface area contributed by atoms with Crippen LogP contribution in [0.1, 0.15) is 25.7 Å². The predicted molar refractivity (Wildman–Crippen MR) is 79.1 cm³/mol. The minimum atomic E-state index is -0.434. The molecule has 1 aromatic rings. The molecular formula is C14H24N4O2. The van der Waals surface area contributed by atoms with E-state index < -0.39 is 6.10 Å². The van der Waals surface area contributed by atoms with E-state index in [4.69, 9.17) is 4.74 Å². The maximum Gasteiger partial charge on any atom is 0.134 e. The second-order valence-electron chi connectivity index (χ2n) is 5.13. The van der Waals surface area contributed by atoms with E-state index in [0.717, 1.165) is 24.7 Å². The molecule has 1 aliphatic heterocycles. The molecule has 1 saturated heterocycles. The number of methoxy groups -OCH3 is 1. The molecule has 0 saturated carbocycles. The fourth-order valence-corrected chi connectivity index (χ4v) is 2.38. The summed E-state index contributed by atoms with van der Waals surface area (Å²) in [7, 11) is 1.59. The highest BCUT2D eigenvalue weighted by atomic mass is 16.5. The van der Waals surface area contributed by atoms with Crippen molar-refractivity contribution in [2.75, 3.05) is 43.6 Å². The highest BCUT2D eigenvalue weighted by Gasteiger charge is 2.12. The Morgan fingerprint density at radius 1 is 1.35 bits per heavy atom. The average Bonchev–Trinajstić information content (AvgIpc) is 2.49. The summed E-state index contributed by atoms with van der Waals surface area (Å²) in [5.41, 5.74) is 0. The van der Waals surface area contributed by atoms with Crippen molar-refractivity contribution in [2.45, 2.75) is 31.8 Å². The highest BCUT2D eigenvalue weighted by molar-refractivity contribution is 5.48. The van der Waals surface area contributed by atoms with E-state index in [1.165, 1.54) is 19.3 Å². The maximum absolute atomic E-state index is 9.58. The Hall–Kier alpha value is -1.40. The summed E-state index contributed by atoms with van der Waals surface area (Å²) in [5, 5.41) is 12.8. The third-order valence-corrected chi connectivity index (χ3v) is 3.48. The van der Waals surface area contributed by atoms with E-state index in [9.17, 15) is 5.11 Å². The van der Waals surface area contributed by atoms with Gasteiger partial charge >= 0.3 is 0 Å². The Kier molecular flexibility index (Phi) is 6.01. The molecule has 0 aliphatic carbocycles. The van der Waals surface area contributed by atoms with Crippen LogP contribution in [0.15, 0.2) is 12.4 Å². The molecule has 6 nitrogen and oxygen atoms in total. The molecule has 2 rings (SSSR count). The largest absolute Gasteiger partial charge is 0.391 e. The van der Waals surface area contributed by atoms with Crippen LogP contribution < -0.4 is 10.2 Å². The molecule has 0 amide bonds. The van der Waals surface area contributed by atoms with Gasteiger partial charge in [0.1, 0.15) is 18.0 Å². The third-order valence-electron chi connectivity index (χ3n) is 3.48. The van der Waals surface area contributed by atoms with Crippen LogP contribution in [0.2, 0.25) is 0 Å². The average molecular weight is 280 g/mol. The summed E-state index contributed by atoms with van der Waals surface area (Å²) >= 11 is 0. The van der Waals surface area contributed by atoms with Crippen molar-refractivity contribution in [3.63, 3.8) is 0 Å². The topological polar surface area (TPSA) is 70.5 Å². The van der Waals surface area contributed by atoms with Gasteiger partial charge in [-0.1, -0.05) is 0 Å². The van der Waals surface area contributed by atoms with Crippen LogP contribution in [0, 0.1) is 0 Å². The van der Waals surface area contributed by atoms with Crippen molar-refractivity contribution < 1.29 is 9.84 Å². The number of rotatable bonds is 7. The molecule has 0 spiro atoms. The molecule has 1 unspecified atom stereocenters. The lowest BCUT2D eigenvalue weighted by Crippen LogP contribution is -2.30. The fraction of sp³-hybridized carbons (Fsp3) is 0.714. The Morgan fingerprint density at radius 3 is 2.90 bits per heavy atom. The van der Waals surface area contributed by atoms with Gasteiger partial charge in [-0.05, 0) is 25.7 Å². The van der Waals surface area contributed by atoms with Crippen molar-refractivity contribution in [1.29, 1.82) is 0 Å². The lowest BCUT2D eigenvalue weighted by molar-refractivity contribution is 0.0615. The number of aromatic nitrogens is 2. The zero-order valence-corrected chi connectivity index (χ0v) is 12.1. The first kappa shape index (κ1) is 15.0. The van der Waals surface area contributed by atoms with Gasteiger partial charge < -0.3 is 20.1 Å². The number of hydrogen-bond donors (Lipinski definition) is 2. The molecule has 1 aliphatic rings. The normalized spacial score (nSPS) is 17.0. The Balaban J connectivity index is 1.83. The fourth-order valence-electron chi connectivity index (χ4n) is 2.38. The first-order valence-corrected chi connectivity index (χ1v) is 7.27. The van der Waals surface area contributed by atoms with Crippen molar-refractivity contribution in [2.24, 2.45) is 0 Å². The lowest BCUT2D eigenvalue weighted by Gasteiger charge is -2.27. The van der Waals surface area contributed by atoms with Gasteiger partial charge in [-0.25, -0.2) is 9.97 Å². The zero-order chi connectivity index (χ0) is 14.2. The highest BCUT2D eigenvalue weighted by Crippen LogP contribution is 2.19.